The largest absolute Gasteiger partial charge is 0.491 e. The summed E-state index contributed by atoms with van der Waals surface area (Å²) in [7, 11) is 4.16. The highest BCUT2D eigenvalue weighted by atomic mass is 19.2. The van der Waals surface area contributed by atoms with Gasteiger partial charge in [0.05, 0.1) is 59.0 Å². The number of piperazine rings is 2. The molecule has 0 saturated carbocycles. The quantitative estimate of drug-likeness (QED) is 0.0139. The molecule has 0 atom stereocenters. The number of hydrogen-bond donors (Lipinski definition) is 6. The van der Waals surface area contributed by atoms with Crippen LogP contribution < -0.4 is 46.1 Å². The highest BCUT2D eigenvalue weighted by Crippen LogP contribution is 2.40. The van der Waals surface area contributed by atoms with Crippen LogP contribution >= 0.6 is 0 Å². The minimum Gasteiger partial charge on any atom is -0.491 e. The van der Waals surface area contributed by atoms with Crippen molar-refractivity contribution in [2.75, 3.05) is 164 Å². The van der Waals surface area contributed by atoms with E-state index in [1.165, 1.54) is 67.0 Å². The molecule has 30 heteroatoms. The molecule has 0 aliphatic carbocycles. The summed E-state index contributed by atoms with van der Waals surface area (Å²) in [5, 5.41) is 20.1. The van der Waals surface area contributed by atoms with E-state index < -0.39 is 52.6 Å². The summed E-state index contributed by atoms with van der Waals surface area (Å²) in [4.78, 5) is 82.8. The highest BCUT2D eigenvalue weighted by molar-refractivity contribution is 6.08. The highest BCUT2D eigenvalue weighted by Gasteiger charge is 2.24. The number of halogens is 6. The smallest absolute Gasteiger partial charge is 0.248 e. The van der Waals surface area contributed by atoms with Gasteiger partial charge >= 0.3 is 0 Å². The summed E-state index contributed by atoms with van der Waals surface area (Å²) in [6, 6.07) is 40.3. The molecule has 3 fully saturated rings. The third kappa shape index (κ3) is 20.6. The molecule has 3 aliphatic heterocycles. The predicted molar refractivity (Wildman–Crippen MR) is 454 cm³/mol. The molecule has 3 aromatic heterocycles. The van der Waals surface area contributed by atoms with Crippen molar-refractivity contribution in [3.8, 4) is 50.6 Å². The van der Waals surface area contributed by atoms with Gasteiger partial charge in [-0.05, 0) is 146 Å². The van der Waals surface area contributed by atoms with Gasteiger partial charge in [-0.1, -0.05) is 49.0 Å². The van der Waals surface area contributed by atoms with Crippen LogP contribution in [0.2, 0.25) is 0 Å². The van der Waals surface area contributed by atoms with E-state index in [9.17, 15) is 23.2 Å². The summed E-state index contributed by atoms with van der Waals surface area (Å²) in [6.07, 6.45) is 8.47. The second-order valence-electron chi connectivity index (χ2n) is 29.1. The Morgan fingerprint density at radius 1 is 0.433 bits per heavy atom. The van der Waals surface area contributed by atoms with Gasteiger partial charge in [0.25, 0.3) is 0 Å². The van der Waals surface area contributed by atoms with Gasteiger partial charge in [0.1, 0.15) is 89.1 Å². The molecule has 3 amide bonds. The number of anilines is 9. The molecule has 3 aliphatic rings. The van der Waals surface area contributed by atoms with Gasteiger partial charge in [0.15, 0.2) is 11.6 Å². The molecule has 614 valence electrons. The lowest BCUT2D eigenvalue weighted by molar-refractivity contribution is -0.112. The number of carbonyl (C=O) groups is 3. The number of nitrogens with one attached hydrogen (secondary N) is 6. The van der Waals surface area contributed by atoms with E-state index in [4.69, 9.17) is 38.9 Å². The van der Waals surface area contributed by atoms with Gasteiger partial charge in [0.2, 0.25) is 17.7 Å². The number of carbonyl (C=O) groups excluding carboxylic acids is 3. The van der Waals surface area contributed by atoms with Gasteiger partial charge < -0.3 is 65.5 Å². The summed E-state index contributed by atoms with van der Waals surface area (Å²) < 4.78 is 115. The van der Waals surface area contributed by atoms with Crippen molar-refractivity contribution in [2.45, 2.75) is 6.42 Å². The summed E-state index contributed by atoms with van der Waals surface area (Å²) in [6.45, 7) is 15.8. The number of ether oxygens (including phenoxy) is 4. The number of fused-ring (bicyclic) bond motifs is 3. The van der Waals surface area contributed by atoms with E-state index in [2.05, 4.69) is 87.0 Å². The van der Waals surface area contributed by atoms with E-state index in [1.54, 1.807) is 109 Å². The molecule has 120 heavy (non-hydrogen) atoms. The molecule has 0 unspecified atom stereocenters. The maximum atomic E-state index is 15.5. The first-order valence-electron chi connectivity index (χ1n) is 39.2. The molecule has 24 nitrogen and oxygen atoms in total. The van der Waals surface area contributed by atoms with Gasteiger partial charge in [-0.2, -0.15) is 0 Å². The van der Waals surface area contributed by atoms with Gasteiger partial charge in [-0.15, -0.1) is 0 Å². The first-order chi connectivity index (χ1) is 58.3. The van der Waals surface area contributed by atoms with Gasteiger partial charge in [-0.3, -0.25) is 24.2 Å². The Morgan fingerprint density at radius 3 is 1.35 bits per heavy atom. The first-order valence-corrected chi connectivity index (χ1v) is 39.2. The lowest BCUT2D eigenvalue weighted by atomic mass is 10.0. The third-order valence-corrected chi connectivity index (χ3v) is 20.7. The molecule has 3 saturated heterocycles. The van der Waals surface area contributed by atoms with Crippen molar-refractivity contribution >= 4 is 114 Å². The van der Waals surface area contributed by atoms with Crippen LogP contribution in [0.3, 0.4) is 0 Å². The van der Waals surface area contributed by atoms with Crippen LogP contribution in [0.15, 0.2) is 195 Å². The fourth-order valence-electron chi connectivity index (χ4n) is 14.3. The Labute approximate surface area is 687 Å². The summed E-state index contributed by atoms with van der Waals surface area (Å²) >= 11 is 0. The van der Waals surface area contributed by atoms with E-state index in [1.807, 2.05) is 0 Å². The first kappa shape index (κ1) is 81.9. The number of aromatic nitrogens is 6. The number of rotatable bonds is 30. The maximum Gasteiger partial charge on any atom is 0.248 e. The minimum absolute atomic E-state index is 0.0284. The fraction of sp³-hybridized carbons (Fsp3) is 0.233. The van der Waals surface area contributed by atoms with E-state index in [0.29, 0.717) is 119 Å². The zero-order chi connectivity index (χ0) is 83.2. The molecule has 6 N–H and O–H groups in total. The Balaban J connectivity index is 0.775. The van der Waals surface area contributed by atoms with Crippen molar-refractivity contribution in [1.82, 2.24) is 54.4 Å². The Bertz CT molecular complexity index is 5860. The van der Waals surface area contributed by atoms with Crippen molar-refractivity contribution < 1.29 is 59.7 Å². The molecule has 12 aromatic rings. The Hall–Kier alpha value is -13.2. The second kappa shape index (κ2) is 38.0. The lowest BCUT2D eigenvalue weighted by Gasteiger charge is -2.32. The fourth-order valence-corrected chi connectivity index (χ4v) is 14.3. The van der Waals surface area contributed by atoms with Crippen LogP contribution in [-0.4, -0.2) is 204 Å². The number of amides is 3. The lowest BCUT2D eigenvalue weighted by Crippen LogP contribution is -2.45. The molecular weight excluding hydrogens is 1550 g/mol. The summed E-state index contributed by atoms with van der Waals surface area (Å²) in [5.74, 6) is -4.78. The van der Waals surface area contributed by atoms with Crippen LogP contribution in [-0.2, 0) is 19.1 Å². The van der Waals surface area contributed by atoms with Gasteiger partial charge in [0, 0.05) is 172 Å². The molecule has 0 spiro atoms. The summed E-state index contributed by atoms with van der Waals surface area (Å²) in [5.41, 5.74) is 4.28. The molecule has 0 bridgehead atoms. The number of nitrogens with zero attached hydrogens (tertiary/aromatic N) is 11. The molecular formula is C90H85F6N17O7. The molecule has 9 aromatic carbocycles. The monoisotopic (exact) mass is 1630 g/mol. The standard InChI is InChI=1S/C90H85F6N17O7/c1-4-84(114)104-76-50-67-74(53-80(76)118-39-9-26-111-31-27-109(2)28-32-111)102-82(108-90(67)101-63-15-7-12-58(46-63)87-69(93)16-8-17-70(87)94)23-25-86(116)106-78-51-68-75(54-81(78)120-42-37-112-33-29-110(3)30-34-112)103-83(107-89(68)100-62-14-6-11-57(45-62)65-21-19-60(92)48-72(65)96)22-24-85(115)105-77-49-66-73(52-79(77)119-43-38-113-35-40-117-41-36-113)97-55-98-88(66)99-61-13-5-10-56(44-61)64-20-18-59(91)47-71(64)95/h4-8,10-25,44-55H,1,9,26-43H2,2-3H3,(H,104,114)(H,105,115)(H,106,116)(H,97,98,99)(H,100,103,107)(H,101,102,108)/b24-22+,25-23+. The zero-order valence-electron chi connectivity index (χ0n) is 65.7. The Kier molecular flexibility index (Phi) is 25.9. The van der Waals surface area contributed by atoms with Crippen LogP contribution in [0, 0.1) is 34.9 Å². The van der Waals surface area contributed by atoms with Crippen LogP contribution in [0.25, 0.3) is 78.2 Å². The molecule has 15 rings (SSSR count). The normalized spacial score (nSPS) is 14.5. The van der Waals surface area contributed by atoms with Crippen LogP contribution in [0.4, 0.5) is 77.9 Å². The molecule has 6 heterocycles. The topological polar surface area (TPSA) is 254 Å². The van der Waals surface area contributed by atoms with E-state index >= 15 is 17.6 Å². The zero-order valence-corrected chi connectivity index (χ0v) is 65.7. The number of hydrogen-bond acceptors (Lipinski definition) is 21. The van der Waals surface area contributed by atoms with Crippen LogP contribution in [0.1, 0.15) is 18.1 Å². The minimum atomic E-state index is -0.789. The van der Waals surface area contributed by atoms with Crippen molar-refractivity contribution in [3.05, 3.63) is 241 Å². The van der Waals surface area contributed by atoms with Gasteiger partial charge in [-0.25, -0.2) is 56.2 Å². The average molecular weight is 1630 g/mol. The third-order valence-electron chi connectivity index (χ3n) is 20.7. The number of benzene rings is 9. The Morgan fingerprint density at radius 2 is 0.858 bits per heavy atom. The maximum absolute atomic E-state index is 15.5. The average Bonchev–Trinajstić information content (AvgIpc) is 0.789. The van der Waals surface area contributed by atoms with E-state index in [0.717, 1.165) is 83.2 Å². The number of likely N-dealkylation sites (N-methyl/N-ethyl adjacent to an activating group) is 2. The van der Waals surface area contributed by atoms with Crippen LogP contribution in [0.5, 0.6) is 17.2 Å². The van der Waals surface area contributed by atoms with Crippen molar-refractivity contribution in [3.63, 3.8) is 0 Å². The van der Waals surface area contributed by atoms with Crippen molar-refractivity contribution in [1.29, 1.82) is 0 Å². The SMILES string of the molecule is C=CC(=O)Nc1cc2c(Nc3cccc(-c4c(F)cccc4F)c3)nc(/C=C/C(=O)Nc3cc4c(Nc5cccc(-c6ccc(F)cc6F)c5)nc(/C=C/C(=O)Nc5cc6c(Nc7cccc(-c8ccc(F)cc8F)c7)ncnc6cc5OCCN5CCOCC5)nc4cc3OCCN3CCN(C)CC3)nc2cc1OCCCN1CCN(C)CC1. The van der Waals surface area contributed by atoms with E-state index in [-0.39, 0.29) is 93.7 Å². The second-order valence-corrected chi connectivity index (χ2v) is 29.1. The molecule has 0 radical (unpaired) electrons. The predicted octanol–water partition coefficient (Wildman–Crippen LogP) is 15.4. The van der Waals surface area contributed by atoms with Crippen molar-refractivity contribution in [2.24, 2.45) is 0 Å². The number of morpholine rings is 1.